The second-order valence-electron chi connectivity index (χ2n) is 9.20. The zero-order valence-electron chi connectivity index (χ0n) is 22.7. The summed E-state index contributed by atoms with van der Waals surface area (Å²) in [7, 11) is 0. The summed E-state index contributed by atoms with van der Waals surface area (Å²) in [5.41, 5.74) is 4.57. The molecule has 0 amide bonds. The Morgan fingerprint density at radius 2 is 0.951 bits per heavy atom. The first kappa shape index (κ1) is 32.0. The highest BCUT2D eigenvalue weighted by Gasteiger charge is 1.97. The van der Waals surface area contributed by atoms with Gasteiger partial charge in [-0.3, -0.25) is 4.79 Å². The molecule has 1 nitrogen and oxygen atoms in total. The van der Waals surface area contributed by atoms with Crippen LogP contribution in [0.2, 0.25) is 0 Å². The lowest BCUT2D eigenvalue weighted by molar-refractivity contribution is 0.112. The SMILES string of the molecule is Brc1ccc2cc(C=Cc3ccccc3)ccc2c1.CCc1ccccc1.Cl.O=Cc1ccc2cc(Br)ccc2c1. The molecule has 0 aliphatic carbocycles. The maximum absolute atomic E-state index is 10.5. The van der Waals surface area contributed by atoms with Crippen molar-refractivity contribution in [1.29, 1.82) is 0 Å². The highest BCUT2D eigenvalue weighted by Crippen LogP contribution is 2.22. The van der Waals surface area contributed by atoms with Crippen LogP contribution < -0.4 is 0 Å². The molecule has 0 bridgehead atoms. The number of aryl methyl sites for hydroxylation is 1. The quantitative estimate of drug-likeness (QED) is 0.133. The molecule has 0 aliphatic rings. The van der Waals surface area contributed by atoms with Gasteiger partial charge < -0.3 is 0 Å². The molecule has 0 saturated carbocycles. The van der Waals surface area contributed by atoms with Gasteiger partial charge >= 0.3 is 0 Å². The molecule has 0 aromatic heterocycles. The van der Waals surface area contributed by atoms with Gasteiger partial charge in [0.2, 0.25) is 0 Å². The van der Waals surface area contributed by atoms with Gasteiger partial charge in [-0.2, -0.15) is 0 Å². The van der Waals surface area contributed by atoms with Gasteiger partial charge in [-0.1, -0.05) is 148 Å². The minimum atomic E-state index is 0. The van der Waals surface area contributed by atoms with Gasteiger partial charge in [0, 0.05) is 14.5 Å². The van der Waals surface area contributed by atoms with Gasteiger partial charge in [-0.05, 0) is 81.1 Å². The summed E-state index contributed by atoms with van der Waals surface area (Å²) < 4.78 is 2.17. The lowest BCUT2D eigenvalue weighted by Gasteiger charge is -2.00. The van der Waals surface area contributed by atoms with Crippen molar-refractivity contribution in [1.82, 2.24) is 0 Å². The molecule has 6 aromatic carbocycles. The van der Waals surface area contributed by atoms with E-state index in [9.17, 15) is 4.79 Å². The Bertz CT molecular complexity index is 1710. The van der Waals surface area contributed by atoms with Crippen LogP contribution in [-0.2, 0) is 6.42 Å². The molecule has 0 fully saturated rings. The van der Waals surface area contributed by atoms with E-state index in [-0.39, 0.29) is 12.4 Å². The Morgan fingerprint density at radius 3 is 1.46 bits per heavy atom. The Hall–Kier alpha value is -3.50. The molecule has 206 valence electrons. The molecule has 0 N–H and O–H groups in total. The Balaban J connectivity index is 0.000000182. The molecule has 41 heavy (non-hydrogen) atoms. The molecular formula is C37H31Br2ClO. The summed E-state index contributed by atoms with van der Waals surface area (Å²) in [6.07, 6.45) is 6.29. The van der Waals surface area contributed by atoms with Crippen LogP contribution in [0.15, 0.2) is 142 Å². The highest BCUT2D eigenvalue weighted by molar-refractivity contribution is 9.10. The van der Waals surface area contributed by atoms with Gasteiger partial charge in [-0.15, -0.1) is 12.4 Å². The van der Waals surface area contributed by atoms with Gasteiger partial charge in [0.25, 0.3) is 0 Å². The largest absolute Gasteiger partial charge is 0.298 e. The minimum absolute atomic E-state index is 0. The molecular weight excluding hydrogens is 656 g/mol. The van der Waals surface area contributed by atoms with Crippen LogP contribution in [-0.4, -0.2) is 6.29 Å². The Kier molecular flexibility index (Phi) is 13.0. The Morgan fingerprint density at radius 1 is 0.512 bits per heavy atom. The topological polar surface area (TPSA) is 17.1 Å². The van der Waals surface area contributed by atoms with Crippen LogP contribution >= 0.6 is 44.3 Å². The summed E-state index contributed by atoms with van der Waals surface area (Å²) in [4.78, 5) is 10.5. The number of rotatable bonds is 4. The molecule has 4 heteroatoms. The summed E-state index contributed by atoms with van der Waals surface area (Å²) in [6.45, 7) is 2.16. The second-order valence-corrected chi connectivity index (χ2v) is 11.0. The smallest absolute Gasteiger partial charge is 0.150 e. The lowest BCUT2D eigenvalue weighted by Crippen LogP contribution is -1.79. The van der Waals surface area contributed by atoms with Crippen LogP contribution in [0.4, 0.5) is 0 Å². The van der Waals surface area contributed by atoms with E-state index in [4.69, 9.17) is 0 Å². The van der Waals surface area contributed by atoms with Crippen LogP contribution in [0.1, 0.15) is 34.0 Å². The zero-order chi connectivity index (χ0) is 28.2. The van der Waals surface area contributed by atoms with Crippen molar-refractivity contribution in [2.45, 2.75) is 13.3 Å². The third kappa shape index (κ3) is 10.1. The summed E-state index contributed by atoms with van der Waals surface area (Å²) >= 11 is 6.90. The van der Waals surface area contributed by atoms with Crippen molar-refractivity contribution in [3.05, 3.63) is 165 Å². The number of hydrogen-bond donors (Lipinski definition) is 0. The van der Waals surface area contributed by atoms with E-state index in [2.05, 4.69) is 136 Å². The van der Waals surface area contributed by atoms with Crippen molar-refractivity contribution in [3.63, 3.8) is 0 Å². The van der Waals surface area contributed by atoms with Crippen LogP contribution in [0.3, 0.4) is 0 Å². The monoisotopic (exact) mass is 684 g/mol. The van der Waals surface area contributed by atoms with Crippen molar-refractivity contribution >= 4 is 84.3 Å². The minimum Gasteiger partial charge on any atom is -0.298 e. The predicted molar refractivity (Wildman–Crippen MR) is 187 cm³/mol. The molecule has 6 aromatic rings. The first-order valence-corrected chi connectivity index (χ1v) is 14.7. The van der Waals surface area contributed by atoms with E-state index >= 15 is 0 Å². The van der Waals surface area contributed by atoms with Gasteiger partial charge in [-0.25, -0.2) is 0 Å². The summed E-state index contributed by atoms with van der Waals surface area (Å²) in [6, 6.07) is 45.3. The number of halogens is 3. The van der Waals surface area contributed by atoms with Crippen LogP contribution in [0.5, 0.6) is 0 Å². The van der Waals surface area contributed by atoms with Crippen molar-refractivity contribution in [2.24, 2.45) is 0 Å². The molecule has 0 radical (unpaired) electrons. The van der Waals surface area contributed by atoms with Gasteiger partial charge in [0.1, 0.15) is 6.29 Å². The average molecular weight is 687 g/mol. The fourth-order valence-electron chi connectivity index (χ4n) is 4.12. The molecule has 0 heterocycles. The number of aldehydes is 1. The van der Waals surface area contributed by atoms with Crippen molar-refractivity contribution < 1.29 is 4.79 Å². The average Bonchev–Trinajstić information content (AvgIpc) is 3.01. The van der Waals surface area contributed by atoms with Crippen LogP contribution in [0.25, 0.3) is 33.7 Å². The summed E-state index contributed by atoms with van der Waals surface area (Å²) in [5, 5.41) is 4.75. The van der Waals surface area contributed by atoms with E-state index in [0.717, 1.165) is 38.0 Å². The molecule has 0 unspecified atom stereocenters. The third-order valence-electron chi connectivity index (χ3n) is 6.31. The van der Waals surface area contributed by atoms with Gasteiger partial charge in [0.05, 0.1) is 0 Å². The van der Waals surface area contributed by atoms with Gasteiger partial charge in [0.15, 0.2) is 0 Å². The zero-order valence-corrected chi connectivity index (χ0v) is 26.7. The van der Waals surface area contributed by atoms with Crippen molar-refractivity contribution in [3.8, 4) is 0 Å². The first-order valence-electron chi connectivity index (χ1n) is 13.1. The predicted octanol–water partition coefficient (Wildman–Crippen LogP) is 11.9. The molecule has 0 spiro atoms. The lowest BCUT2D eigenvalue weighted by atomic mass is 10.1. The normalized spacial score (nSPS) is 10.2. The molecule has 0 atom stereocenters. The molecule has 6 rings (SSSR count). The second kappa shape index (κ2) is 16.7. The number of fused-ring (bicyclic) bond motifs is 2. The fraction of sp³-hybridized carbons (Fsp3) is 0.0541. The van der Waals surface area contributed by atoms with E-state index in [1.165, 1.54) is 27.5 Å². The fourth-order valence-corrected chi connectivity index (χ4v) is 4.88. The van der Waals surface area contributed by atoms with E-state index < -0.39 is 0 Å². The number of carbonyl (C=O) groups is 1. The van der Waals surface area contributed by atoms with Crippen molar-refractivity contribution in [2.75, 3.05) is 0 Å². The van der Waals surface area contributed by atoms with E-state index in [1.807, 2.05) is 48.5 Å². The van der Waals surface area contributed by atoms with E-state index in [1.54, 1.807) is 0 Å². The number of carbonyl (C=O) groups excluding carboxylic acids is 1. The maximum Gasteiger partial charge on any atom is 0.150 e. The highest BCUT2D eigenvalue weighted by atomic mass is 79.9. The van der Waals surface area contributed by atoms with E-state index in [0.29, 0.717) is 0 Å². The molecule has 0 saturated heterocycles. The maximum atomic E-state index is 10.5. The standard InChI is InChI=1S/C18H13Br.C11H7BrO.C8H10.ClH/c19-18-11-10-16-12-15(8-9-17(16)13-18)7-6-14-4-2-1-3-5-14;12-11-4-3-9-5-8(7-13)1-2-10(9)6-11;1-2-8-6-4-3-5-7-8;/h1-13H;1-7H;3-7H,2H2,1H3;1H. The first-order chi connectivity index (χ1) is 19.5. The number of hydrogen-bond acceptors (Lipinski definition) is 1. The third-order valence-corrected chi connectivity index (χ3v) is 7.29. The molecule has 0 aliphatic heterocycles. The van der Waals surface area contributed by atoms with Crippen LogP contribution in [0, 0.1) is 0 Å². The number of benzene rings is 6. The Labute approximate surface area is 265 Å². The summed E-state index contributed by atoms with van der Waals surface area (Å²) in [5.74, 6) is 0.